The molecule has 0 spiro atoms. The fourth-order valence-corrected chi connectivity index (χ4v) is 2.52. The summed E-state index contributed by atoms with van der Waals surface area (Å²) in [5, 5.41) is 6.99. The predicted octanol–water partition coefficient (Wildman–Crippen LogP) is 1.04. The summed E-state index contributed by atoms with van der Waals surface area (Å²) in [6.07, 6.45) is 2.05. The number of fused-ring (bicyclic) bond motifs is 1. The van der Waals surface area contributed by atoms with Gasteiger partial charge in [-0.25, -0.2) is 4.79 Å². The Morgan fingerprint density at radius 2 is 2.23 bits per heavy atom. The van der Waals surface area contributed by atoms with E-state index in [1.165, 1.54) is 6.07 Å². The molecule has 0 radical (unpaired) electrons. The summed E-state index contributed by atoms with van der Waals surface area (Å²) >= 11 is 0. The summed E-state index contributed by atoms with van der Waals surface area (Å²) < 4.78 is 10.5. The van der Waals surface area contributed by atoms with Crippen LogP contribution < -0.4 is 21.0 Å². The van der Waals surface area contributed by atoms with Crippen LogP contribution in [0.15, 0.2) is 39.5 Å². The van der Waals surface area contributed by atoms with Crippen molar-refractivity contribution < 1.29 is 13.9 Å². The van der Waals surface area contributed by atoms with Crippen molar-refractivity contribution in [3.63, 3.8) is 0 Å². The highest BCUT2D eigenvalue weighted by molar-refractivity contribution is 5.79. The van der Waals surface area contributed by atoms with Crippen molar-refractivity contribution >= 4 is 16.9 Å². The largest absolute Gasteiger partial charge is 0.484 e. The van der Waals surface area contributed by atoms with E-state index in [0.717, 1.165) is 31.3 Å². The third kappa shape index (κ3) is 3.65. The number of hydrogen-bond acceptors (Lipinski definition) is 5. The van der Waals surface area contributed by atoms with Gasteiger partial charge in [-0.1, -0.05) is 0 Å². The maximum atomic E-state index is 11.9. The number of hydrogen-bond donors (Lipinski definition) is 2. The molecule has 2 N–H and O–H groups in total. The summed E-state index contributed by atoms with van der Waals surface area (Å²) in [4.78, 5) is 23.1. The lowest BCUT2D eigenvalue weighted by atomic mass is 10.1. The van der Waals surface area contributed by atoms with Gasteiger partial charge in [-0.2, -0.15) is 0 Å². The van der Waals surface area contributed by atoms with Gasteiger partial charge in [0.05, 0.1) is 0 Å². The number of carbonyl (C=O) groups is 1. The Morgan fingerprint density at radius 3 is 3.05 bits per heavy atom. The Morgan fingerprint density at radius 1 is 1.36 bits per heavy atom. The summed E-state index contributed by atoms with van der Waals surface area (Å²) in [5.74, 6) is 0.349. The van der Waals surface area contributed by atoms with Crippen LogP contribution in [0.1, 0.15) is 12.8 Å². The normalized spacial score (nSPS) is 18.1. The van der Waals surface area contributed by atoms with Crippen molar-refractivity contribution in [3.05, 3.63) is 40.8 Å². The van der Waals surface area contributed by atoms with Crippen LogP contribution in [0.25, 0.3) is 11.0 Å². The van der Waals surface area contributed by atoms with Gasteiger partial charge in [-0.15, -0.1) is 0 Å². The van der Waals surface area contributed by atoms with Gasteiger partial charge in [-0.3, -0.25) is 4.79 Å². The lowest BCUT2D eigenvalue weighted by molar-refractivity contribution is -0.123. The first kappa shape index (κ1) is 14.6. The second kappa shape index (κ2) is 6.62. The SMILES string of the molecule is O=C(COc1ccc2ccc(=O)oc2c1)N[C@H]1CCCNC1. The molecule has 0 bridgehead atoms. The molecular weight excluding hydrogens is 284 g/mol. The number of amides is 1. The van der Waals surface area contributed by atoms with Gasteiger partial charge in [0, 0.05) is 30.1 Å². The summed E-state index contributed by atoms with van der Waals surface area (Å²) in [6.45, 7) is 1.75. The highest BCUT2D eigenvalue weighted by atomic mass is 16.5. The molecule has 1 atom stereocenters. The molecule has 0 saturated carbocycles. The van der Waals surface area contributed by atoms with Crippen LogP contribution in [-0.2, 0) is 4.79 Å². The molecule has 1 aromatic carbocycles. The minimum Gasteiger partial charge on any atom is -0.484 e. The molecule has 6 heteroatoms. The van der Waals surface area contributed by atoms with Gasteiger partial charge < -0.3 is 19.8 Å². The zero-order valence-electron chi connectivity index (χ0n) is 12.1. The quantitative estimate of drug-likeness (QED) is 0.825. The monoisotopic (exact) mass is 302 g/mol. The fraction of sp³-hybridized carbons (Fsp3) is 0.375. The molecule has 1 amide bonds. The van der Waals surface area contributed by atoms with Crippen molar-refractivity contribution in [3.8, 4) is 5.75 Å². The van der Waals surface area contributed by atoms with E-state index in [0.29, 0.717) is 11.3 Å². The van der Waals surface area contributed by atoms with Crippen LogP contribution in [0, 0.1) is 0 Å². The highest BCUT2D eigenvalue weighted by Crippen LogP contribution is 2.19. The van der Waals surface area contributed by atoms with E-state index in [-0.39, 0.29) is 18.6 Å². The van der Waals surface area contributed by atoms with Crippen molar-refractivity contribution in [2.45, 2.75) is 18.9 Å². The topological polar surface area (TPSA) is 80.6 Å². The molecule has 116 valence electrons. The van der Waals surface area contributed by atoms with Crippen molar-refractivity contribution in [2.75, 3.05) is 19.7 Å². The van der Waals surface area contributed by atoms with Crippen LogP contribution in [0.3, 0.4) is 0 Å². The second-order valence-corrected chi connectivity index (χ2v) is 5.35. The zero-order valence-corrected chi connectivity index (χ0v) is 12.1. The van der Waals surface area contributed by atoms with Gasteiger partial charge >= 0.3 is 5.63 Å². The summed E-state index contributed by atoms with van der Waals surface area (Å²) in [5.41, 5.74) is 0.0362. The number of carbonyl (C=O) groups excluding carboxylic acids is 1. The van der Waals surface area contributed by atoms with E-state index >= 15 is 0 Å². The van der Waals surface area contributed by atoms with Crippen LogP contribution in [0.2, 0.25) is 0 Å². The molecule has 1 aromatic heterocycles. The Kier molecular flexibility index (Phi) is 4.39. The Bertz CT molecular complexity index is 719. The van der Waals surface area contributed by atoms with E-state index in [1.807, 2.05) is 0 Å². The van der Waals surface area contributed by atoms with Crippen LogP contribution in [0.5, 0.6) is 5.75 Å². The molecule has 1 fully saturated rings. The van der Waals surface area contributed by atoms with Gasteiger partial charge in [0.25, 0.3) is 5.91 Å². The molecular formula is C16H18N2O4. The molecule has 2 aromatic rings. The Hall–Kier alpha value is -2.34. The minimum atomic E-state index is -0.410. The third-order valence-corrected chi connectivity index (χ3v) is 3.63. The lowest BCUT2D eigenvalue weighted by Gasteiger charge is -2.23. The maximum Gasteiger partial charge on any atom is 0.336 e. The smallest absolute Gasteiger partial charge is 0.336 e. The van der Waals surface area contributed by atoms with E-state index < -0.39 is 5.63 Å². The fourth-order valence-electron chi connectivity index (χ4n) is 2.52. The predicted molar refractivity (Wildman–Crippen MR) is 82.0 cm³/mol. The lowest BCUT2D eigenvalue weighted by Crippen LogP contribution is -2.46. The maximum absolute atomic E-state index is 11.9. The molecule has 3 rings (SSSR count). The number of rotatable bonds is 4. The number of piperidine rings is 1. The first-order valence-electron chi connectivity index (χ1n) is 7.37. The van der Waals surface area contributed by atoms with Crippen LogP contribution in [-0.4, -0.2) is 31.6 Å². The van der Waals surface area contributed by atoms with Gasteiger partial charge in [0.2, 0.25) is 0 Å². The third-order valence-electron chi connectivity index (χ3n) is 3.63. The standard InChI is InChI=1S/C16H18N2O4/c19-15(18-12-2-1-7-17-9-12)10-21-13-5-3-11-4-6-16(20)22-14(11)8-13/h3-6,8,12,17H,1-2,7,9-10H2,(H,18,19)/t12-/m0/s1. The first-order chi connectivity index (χ1) is 10.7. The van der Waals surface area contributed by atoms with Crippen molar-refractivity contribution in [2.24, 2.45) is 0 Å². The Balaban J connectivity index is 1.58. The van der Waals surface area contributed by atoms with Crippen LogP contribution in [0.4, 0.5) is 0 Å². The average Bonchev–Trinajstić information content (AvgIpc) is 2.53. The Labute approximate surface area is 127 Å². The molecule has 22 heavy (non-hydrogen) atoms. The number of benzene rings is 1. The van der Waals surface area contributed by atoms with E-state index in [4.69, 9.17) is 9.15 Å². The van der Waals surface area contributed by atoms with E-state index in [2.05, 4.69) is 10.6 Å². The second-order valence-electron chi connectivity index (χ2n) is 5.35. The molecule has 1 aliphatic rings. The van der Waals surface area contributed by atoms with Gasteiger partial charge in [-0.05, 0) is 37.6 Å². The van der Waals surface area contributed by atoms with Gasteiger partial charge in [0.15, 0.2) is 6.61 Å². The molecule has 6 nitrogen and oxygen atoms in total. The average molecular weight is 302 g/mol. The zero-order chi connectivity index (χ0) is 15.4. The number of nitrogens with one attached hydrogen (secondary N) is 2. The van der Waals surface area contributed by atoms with Crippen LogP contribution >= 0.6 is 0 Å². The summed E-state index contributed by atoms with van der Waals surface area (Å²) in [6, 6.07) is 8.38. The molecule has 1 aliphatic heterocycles. The summed E-state index contributed by atoms with van der Waals surface area (Å²) in [7, 11) is 0. The van der Waals surface area contributed by atoms with E-state index in [1.54, 1.807) is 24.3 Å². The minimum absolute atomic E-state index is 0.0565. The molecule has 1 saturated heterocycles. The first-order valence-corrected chi connectivity index (χ1v) is 7.37. The van der Waals surface area contributed by atoms with Crippen molar-refractivity contribution in [1.29, 1.82) is 0 Å². The highest BCUT2D eigenvalue weighted by Gasteiger charge is 2.15. The number of ether oxygens (including phenoxy) is 1. The van der Waals surface area contributed by atoms with Crippen molar-refractivity contribution in [1.82, 2.24) is 10.6 Å². The molecule has 2 heterocycles. The molecule has 0 unspecified atom stereocenters. The molecule has 0 aliphatic carbocycles. The van der Waals surface area contributed by atoms with E-state index in [9.17, 15) is 9.59 Å². The van der Waals surface area contributed by atoms with Gasteiger partial charge in [0.1, 0.15) is 11.3 Å².